The number of ether oxygens (including phenoxy) is 2. The third-order valence-corrected chi connectivity index (χ3v) is 3.52. The molecule has 1 amide bonds. The summed E-state index contributed by atoms with van der Waals surface area (Å²) in [6.45, 7) is 6.49. The van der Waals surface area contributed by atoms with Crippen LogP contribution in [0.4, 0.5) is 11.4 Å². The van der Waals surface area contributed by atoms with E-state index in [0.29, 0.717) is 24.5 Å². The van der Waals surface area contributed by atoms with Crippen LogP contribution in [-0.2, 0) is 9.53 Å². The van der Waals surface area contributed by atoms with Crippen molar-refractivity contribution in [2.24, 2.45) is 0 Å². The monoisotopic (exact) mass is 368 g/mol. The summed E-state index contributed by atoms with van der Waals surface area (Å²) in [5.74, 6) is 0.183. The first-order chi connectivity index (χ1) is 13.1. The molecular formula is C21H24N2O4. The lowest BCUT2D eigenvalue weighted by atomic mass is 10.2. The maximum Gasteiger partial charge on any atom is 0.338 e. The van der Waals surface area contributed by atoms with Crippen molar-refractivity contribution in [2.75, 3.05) is 30.4 Å². The molecule has 2 rings (SSSR count). The Hall–Kier alpha value is -3.28. The Bertz CT molecular complexity index is 755. The van der Waals surface area contributed by atoms with E-state index in [-0.39, 0.29) is 18.4 Å². The van der Waals surface area contributed by atoms with Crippen LogP contribution in [0.1, 0.15) is 23.7 Å². The molecule has 2 aromatic rings. The molecule has 27 heavy (non-hydrogen) atoms. The van der Waals surface area contributed by atoms with Crippen LogP contribution < -0.4 is 15.4 Å². The molecule has 2 N–H and O–H groups in total. The molecule has 0 atom stereocenters. The van der Waals surface area contributed by atoms with Crippen LogP contribution in [0.15, 0.2) is 61.2 Å². The van der Waals surface area contributed by atoms with E-state index >= 15 is 0 Å². The fourth-order valence-electron chi connectivity index (χ4n) is 2.18. The first kappa shape index (κ1) is 20.0. The Morgan fingerprint density at radius 1 is 1.04 bits per heavy atom. The highest BCUT2D eigenvalue weighted by molar-refractivity contribution is 5.95. The molecule has 0 fully saturated rings. The zero-order valence-electron chi connectivity index (χ0n) is 15.4. The smallest absolute Gasteiger partial charge is 0.338 e. The number of hydrogen-bond acceptors (Lipinski definition) is 5. The van der Waals surface area contributed by atoms with Gasteiger partial charge in [0.2, 0.25) is 5.91 Å². The van der Waals surface area contributed by atoms with Gasteiger partial charge in [0.1, 0.15) is 12.4 Å². The molecule has 0 aliphatic heterocycles. The fourth-order valence-corrected chi connectivity index (χ4v) is 2.18. The van der Waals surface area contributed by atoms with Crippen LogP contribution >= 0.6 is 0 Å². The lowest BCUT2D eigenvalue weighted by Crippen LogP contribution is -2.21. The Balaban J connectivity index is 1.79. The Morgan fingerprint density at radius 3 is 2.33 bits per heavy atom. The van der Waals surface area contributed by atoms with Gasteiger partial charge in [-0.2, -0.15) is 0 Å². The molecule has 0 radical (unpaired) electrons. The van der Waals surface area contributed by atoms with E-state index in [1.165, 1.54) is 0 Å². The molecule has 0 aliphatic rings. The van der Waals surface area contributed by atoms with Gasteiger partial charge in [-0.05, 0) is 55.0 Å². The molecule has 2 aromatic carbocycles. The fraction of sp³-hybridized carbons (Fsp3) is 0.238. The summed E-state index contributed by atoms with van der Waals surface area (Å²) >= 11 is 0. The third kappa shape index (κ3) is 6.86. The predicted molar refractivity (Wildman–Crippen MR) is 106 cm³/mol. The van der Waals surface area contributed by atoms with E-state index in [1.807, 2.05) is 31.2 Å². The number of hydrogen-bond donors (Lipinski definition) is 2. The van der Waals surface area contributed by atoms with E-state index in [0.717, 1.165) is 17.9 Å². The van der Waals surface area contributed by atoms with Crippen molar-refractivity contribution in [2.45, 2.75) is 13.3 Å². The topological polar surface area (TPSA) is 76.7 Å². The highest BCUT2D eigenvalue weighted by atomic mass is 16.5. The van der Waals surface area contributed by atoms with Gasteiger partial charge in [0.25, 0.3) is 0 Å². The standard InChI is InChI=1S/C21H24N2O4/c1-3-13-26-19-11-9-17(10-12-19)22-15-20(24)23-18-7-5-16(6-8-18)21(25)27-14-4-2/h3,5-12,22H,1,4,13-15H2,2H3,(H,23,24). The van der Waals surface area contributed by atoms with E-state index < -0.39 is 0 Å². The van der Waals surface area contributed by atoms with Gasteiger partial charge in [0, 0.05) is 11.4 Å². The second-order valence-corrected chi connectivity index (χ2v) is 5.74. The minimum absolute atomic E-state index is 0.118. The highest BCUT2D eigenvalue weighted by Gasteiger charge is 2.07. The van der Waals surface area contributed by atoms with Gasteiger partial charge in [-0.1, -0.05) is 19.6 Å². The van der Waals surface area contributed by atoms with Crippen molar-refractivity contribution < 1.29 is 19.1 Å². The molecule has 142 valence electrons. The average Bonchev–Trinajstić information content (AvgIpc) is 2.70. The molecule has 6 nitrogen and oxygen atoms in total. The molecular weight excluding hydrogens is 344 g/mol. The molecule has 0 aliphatic carbocycles. The van der Waals surface area contributed by atoms with Crippen molar-refractivity contribution >= 4 is 23.3 Å². The maximum atomic E-state index is 12.1. The molecule has 0 unspecified atom stereocenters. The summed E-state index contributed by atoms with van der Waals surface area (Å²) in [5.41, 5.74) is 1.88. The SMILES string of the molecule is C=CCOc1ccc(NCC(=O)Nc2ccc(C(=O)OCCC)cc2)cc1. The number of anilines is 2. The number of carbonyl (C=O) groups is 2. The quantitative estimate of drug-likeness (QED) is 0.492. The Labute approximate surface area is 159 Å². The first-order valence-corrected chi connectivity index (χ1v) is 8.77. The van der Waals surface area contributed by atoms with Crippen LogP contribution in [0.25, 0.3) is 0 Å². The highest BCUT2D eigenvalue weighted by Crippen LogP contribution is 2.16. The minimum atomic E-state index is -0.364. The number of nitrogens with one attached hydrogen (secondary N) is 2. The van der Waals surface area contributed by atoms with Crippen molar-refractivity contribution in [3.05, 3.63) is 66.7 Å². The van der Waals surface area contributed by atoms with Crippen LogP contribution in [0.3, 0.4) is 0 Å². The minimum Gasteiger partial charge on any atom is -0.490 e. The normalized spacial score (nSPS) is 9.96. The molecule has 0 saturated carbocycles. The van der Waals surface area contributed by atoms with Gasteiger partial charge >= 0.3 is 5.97 Å². The number of benzene rings is 2. The summed E-state index contributed by atoms with van der Waals surface area (Å²) in [6.07, 6.45) is 2.45. The molecule has 0 spiro atoms. The van der Waals surface area contributed by atoms with Crippen LogP contribution in [-0.4, -0.2) is 31.6 Å². The van der Waals surface area contributed by atoms with E-state index in [9.17, 15) is 9.59 Å². The number of amides is 1. The van der Waals surface area contributed by atoms with Gasteiger partial charge in [-0.25, -0.2) is 4.79 Å². The second kappa shape index (κ2) is 10.7. The van der Waals surface area contributed by atoms with E-state index in [1.54, 1.807) is 30.3 Å². The van der Waals surface area contributed by atoms with Gasteiger partial charge in [-0.15, -0.1) is 0 Å². The van der Waals surface area contributed by atoms with E-state index in [2.05, 4.69) is 17.2 Å². The van der Waals surface area contributed by atoms with Gasteiger partial charge in [0.05, 0.1) is 18.7 Å². The van der Waals surface area contributed by atoms with Crippen molar-refractivity contribution in [1.29, 1.82) is 0 Å². The third-order valence-electron chi connectivity index (χ3n) is 3.52. The van der Waals surface area contributed by atoms with Crippen molar-refractivity contribution in [3.63, 3.8) is 0 Å². The lowest BCUT2D eigenvalue weighted by Gasteiger charge is -2.09. The summed E-state index contributed by atoms with van der Waals surface area (Å²) in [5, 5.41) is 5.81. The Morgan fingerprint density at radius 2 is 1.70 bits per heavy atom. The molecule has 6 heteroatoms. The maximum absolute atomic E-state index is 12.1. The number of rotatable bonds is 10. The van der Waals surface area contributed by atoms with Crippen LogP contribution in [0.2, 0.25) is 0 Å². The Kier molecular flexibility index (Phi) is 7.91. The summed E-state index contributed by atoms with van der Waals surface area (Å²) in [7, 11) is 0. The van der Waals surface area contributed by atoms with E-state index in [4.69, 9.17) is 9.47 Å². The molecule has 0 aromatic heterocycles. The summed E-state index contributed by atoms with van der Waals surface area (Å²) in [6, 6.07) is 13.9. The lowest BCUT2D eigenvalue weighted by molar-refractivity contribution is -0.114. The summed E-state index contributed by atoms with van der Waals surface area (Å²) < 4.78 is 10.5. The van der Waals surface area contributed by atoms with Crippen LogP contribution in [0.5, 0.6) is 5.75 Å². The predicted octanol–water partition coefficient (Wildman–Crippen LogP) is 3.87. The summed E-state index contributed by atoms with van der Waals surface area (Å²) in [4.78, 5) is 23.8. The molecule has 0 bridgehead atoms. The zero-order chi connectivity index (χ0) is 19.5. The van der Waals surface area contributed by atoms with Gasteiger partial charge in [-0.3, -0.25) is 4.79 Å². The van der Waals surface area contributed by atoms with Crippen molar-refractivity contribution in [1.82, 2.24) is 0 Å². The largest absolute Gasteiger partial charge is 0.490 e. The van der Waals surface area contributed by atoms with Gasteiger partial charge in [0.15, 0.2) is 0 Å². The second-order valence-electron chi connectivity index (χ2n) is 5.74. The first-order valence-electron chi connectivity index (χ1n) is 8.77. The average molecular weight is 368 g/mol. The molecule has 0 heterocycles. The number of carbonyl (C=O) groups excluding carboxylic acids is 2. The van der Waals surface area contributed by atoms with Gasteiger partial charge < -0.3 is 20.1 Å². The zero-order valence-corrected chi connectivity index (χ0v) is 15.4. The number of esters is 1. The molecule has 0 saturated heterocycles. The van der Waals surface area contributed by atoms with Crippen LogP contribution in [0, 0.1) is 0 Å². The van der Waals surface area contributed by atoms with Crippen molar-refractivity contribution in [3.8, 4) is 5.75 Å².